The van der Waals surface area contributed by atoms with Crippen molar-refractivity contribution in [3.63, 3.8) is 0 Å². The zero-order valence-corrected chi connectivity index (χ0v) is 13.3. The Morgan fingerprint density at radius 3 is 2.70 bits per heavy atom. The predicted octanol–water partition coefficient (Wildman–Crippen LogP) is 4.27. The third-order valence-corrected chi connectivity index (χ3v) is 4.48. The molecular formula is C16H15IN2O. The molecule has 102 valence electrons. The number of nitrogens with zero attached hydrogens (tertiary/aromatic N) is 1. The minimum atomic E-state index is -0.0634. The maximum absolute atomic E-state index is 12.6. The fourth-order valence-corrected chi connectivity index (χ4v) is 3.14. The van der Waals surface area contributed by atoms with Gasteiger partial charge in [0, 0.05) is 15.3 Å². The van der Waals surface area contributed by atoms with Gasteiger partial charge >= 0.3 is 6.03 Å². The Labute approximate surface area is 132 Å². The molecule has 3 nitrogen and oxygen atoms in total. The summed E-state index contributed by atoms with van der Waals surface area (Å²) in [5, 5.41) is 3.00. The Morgan fingerprint density at radius 2 is 1.90 bits per heavy atom. The lowest BCUT2D eigenvalue weighted by molar-refractivity contribution is 0.256. The van der Waals surface area contributed by atoms with E-state index in [9.17, 15) is 4.79 Å². The van der Waals surface area contributed by atoms with Crippen LogP contribution in [-0.2, 0) is 6.42 Å². The highest BCUT2D eigenvalue weighted by Crippen LogP contribution is 2.32. The highest BCUT2D eigenvalue weighted by Gasteiger charge is 2.30. The Bertz CT molecular complexity index is 656. The number of hydrogen-bond acceptors (Lipinski definition) is 1. The molecule has 0 spiro atoms. The van der Waals surface area contributed by atoms with Crippen molar-refractivity contribution in [1.29, 1.82) is 0 Å². The second-order valence-corrected chi connectivity index (χ2v) is 6.12. The maximum Gasteiger partial charge on any atom is 0.326 e. The van der Waals surface area contributed by atoms with Crippen LogP contribution >= 0.6 is 22.6 Å². The number of nitrogens with one attached hydrogen (secondary N) is 1. The first kappa shape index (κ1) is 13.4. The standard InChI is InChI=1S/C16H15IN2O/c1-11-10-12-6-2-5-9-15(12)19(11)16(20)18-14-8-4-3-7-13(14)17/h2-9,11H,10H2,1H3,(H,18,20). The summed E-state index contributed by atoms with van der Waals surface area (Å²) in [6.07, 6.45) is 0.912. The van der Waals surface area contributed by atoms with Crippen LogP contribution in [0.2, 0.25) is 0 Å². The summed E-state index contributed by atoms with van der Waals surface area (Å²) < 4.78 is 1.04. The van der Waals surface area contributed by atoms with E-state index in [1.807, 2.05) is 47.4 Å². The van der Waals surface area contributed by atoms with Gasteiger partial charge in [-0.15, -0.1) is 0 Å². The number of anilines is 2. The molecule has 1 aliphatic heterocycles. The van der Waals surface area contributed by atoms with Gasteiger partial charge in [-0.25, -0.2) is 4.79 Å². The van der Waals surface area contributed by atoms with Crippen LogP contribution in [0.15, 0.2) is 48.5 Å². The lowest BCUT2D eigenvalue weighted by Crippen LogP contribution is -2.39. The van der Waals surface area contributed by atoms with Crippen molar-refractivity contribution in [1.82, 2.24) is 0 Å². The molecule has 2 aromatic rings. The molecule has 0 radical (unpaired) electrons. The van der Waals surface area contributed by atoms with Crippen molar-refractivity contribution >= 4 is 40.0 Å². The van der Waals surface area contributed by atoms with Crippen molar-refractivity contribution in [3.05, 3.63) is 57.7 Å². The van der Waals surface area contributed by atoms with E-state index in [2.05, 4.69) is 40.9 Å². The summed E-state index contributed by atoms with van der Waals surface area (Å²) in [6, 6.07) is 16.0. The summed E-state index contributed by atoms with van der Waals surface area (Å²) in [4.78, 5) is 14.4. The molecule has 2 amide bonds. The van der Waals surface area contributed by atoms with E-state index < -0.39 is 0 Å². The van der Waals surface area contributed by atoms with Gasteiger partial charge in [0.2, 0.25) is 0 Å². The minimum absolute atomic E-state index is 0.0634. The Balaban J connectivity index is 1.86. The van der Waals surface area contributed by atoms with Crippen LogP contribution in [0, 0.1) is 3.57 Å². The molecule has 3 rings (SSSR count). The number of carbonyl (C=O) groups excluding carboxylic acids is 1. The van der Waals surface area contributed by atoms with Gasteiger partial charge in [-0.1, -0.05) is 30.3 Å². The summed E-state index contributed by atoms with van der Waals surface area (Å²) in [5.74, 6) is 0. The largest absolute Gasteiger partial charge is 0.326 e. The smallest absolute Gasteiger partial charge is 0.306 e. The molecule has 0 bridgehead atoms. The first-order chi connectivity index (χ1) is 9.66. The van der Waals surface area contributed by atoms with Crippen LogP contribution in [0.1, 0.15) is 12.5 Å². The van der Waals surface area contributed by atoms with Crippen molar-refractivity contribution < 1.29 is 4.79 Å². The third-order valence-electron chi connectivity index (χ3n) is 3.54. The quantitative estimate of drug-likeness (QED) is 0.739. The number of carbonyl (C=O) groups is 1. The normalized spacial score (nSPS) is 16.9. The van der Waals surface area contributed by atoms with Crippen LogP contribution in [0.25, 0.3) is 0 Å². The fraction of sp³-hybridized carbons (Fsp3) is 0.188. The molecule has 1 atom stereocenters. The zero-order valence-electron chi connectivity index (χ0n) is 11.1. The Kier molecular flexibility index (Phi) is 3.65. The van der Waals surface area contributed by atoms with Crippen molar-refractivity contribution in [2.75, 3.05) is 10.2 Å². The van der Waals surface area contributed by atoms with Crippen LogP contribution in [0.5, 0.6) is 0 Å². The molecule has 4 heteroatoms. The molecule has 0 saturated carbocycles. The van der Waals surface area contributed by atoms with Gasteiger partial charge in [0.1, 0.15) is 0 Å². The molecular weight excluding hydrogens is 363 g/mol. The summed E-state index contributed by atoms with van der Waals surface area (Å²) in [7, 11) is 0. The van der Waals surface area contributed by atoms with Gasteiger partial charge in [0.25, 0.3) is 0 Å². The van der Waals surface area contributed by atoms with E-state index in [1.54, 1.807) is 0 Å². The second-order valence-electron chi connectivity index (χ2n) is 4.96. The van der Waals surface area contributed by atoms with E-state index >= 15 is 0 Å². The first-order valence-corrected chi connectivity index (χ1v) is 7.67. The van der Waals surface area contributed by atoms with Crippen molar-refractivity contribution in [2.24, 2.45) is 0 Å². The van der Waals surface area contributed by atoms with Crippen LogP contribution in [0.4, 0.5) is 16.2 Å². The molecule has 1 aliphatic rings. The summed E-state index contributed by atoms with van der Waals surface area (Å²) >= 11 is 2.23. The molecule has 20 heavy (non-hydrogen) atoms. The number of urea groups is 1. The van der Waals surface area contributed by atoms with Crippen LogP contribution in [-0.4, -0.2) is 12.1 Å². The van der Waals surface area contributed by atoms with E-state index in [0.29, 0.717) is 0 Å². The van der Waals surface area contributed by atoms with E-state index in [0.717, 1.165) is 21.4 Å². The highest BCUT2D eigenvalue weighted by molar-refractivity contribution is 14.1. The lowest BCUT2D eigenvalue weighted by Gasteiger charge is -2.23. The molecule has 2 aromatic carbocycles. The predicted molar refractivity (Wildman–Crippen MR) is 90.3 cm³/mol. The maximum atomic E-state index is 12.6. The monoisotopic (exact) mass is 378 g/mol. The molecule has 1 N–H and O–H groups in total. The van der Waals surface area contributed by atoms with Gasteiger partial charge in [-0.05, 0) is 59.7 Å². The third kappa shape index (κ3) is 2.40. The average molecular weight is 378 g/mol. The second kappa shape index (κ2) is 5.44. The van der Waals surface area contributed by atoms with Gasteiger partial charge < -0.3 is 5.32 Å². The van der Waals surface area contributed by atoms with Gasteiger partial charge in [0.05, 0.1) is 5.69 Å². The summed E-state index contributed by atoms with van der Waals surface area (Å²) in [6.45, 7) is 2.08. The first-order valence-electron chi connectivity index (χ1n) is 6.59. The number of fused-ring (bicyclic) bond motifs is 1. The number of para-hydroxylation sites is 2. The van der Waals surface area contributed by atoms with Crippen molar-refractivity contribution in [3.8, 4) is 0 Å². The number of amides is 2. The number of halogens is 1. The lowest BCUT2D eigenvalue weighted by atomic mass is 10.1. The number of benzene rings is 2. The Morgan fingerprint density at radius 1 is 1.20 bits per heavy atom. The van der Waals surface area contributed by atoms with Gasteiger partial charge in [-0.3, -0.25) is 4.90 Å². The molecule has 0 aromatic heterocycles. The van der Waals surface area contributed by atoms with Crippen LogP contribution < -0.4 is 10.2 Å². The number of rotatable bonds is 1. The molecule has 0 saturated heterocycles. The Hall–Kier alpha value is -1.56. The van der Waals surface area contributed by atoms with Crippen LogP contribution in [0.3, 0.4) is 0 Å². The number of hydrogen-bond donors (Lipinski definition) is 1. The van der Waals surface area contributed by atoms with Gasteiger partial charge in [-0.2, -0.15) is 0 Å². The SMILES string of the molecule is CC1Cc2ccccc2N1C(=O)Nc1ccccc1I. The molecule has 1 unspecified atom stereocenters. The zero-order chi connectivity index (χ0) is 14.1. The fourth-order valence-electron chi connectivity index (χ4n) is 2.61. The summed E-state index contributed by atoms with van der Waals surface area (Å²) in [5.41, 5.74) is 3.11. The topological polar surface area (TPSA) is 32.3 Å². The van der Waals surface area contributed by atoms with E-state index in [1.165, 1.54) is 5.56 Å². The van der Waals surface area contributed by atoms with Crippen molar-refractivity contribution in [2.45, 2.75) is 19.4 Å². The average Bonchev–Trinajstić information content (AvgIpc) is 2.77. The minimum Gasteiger partial charge on any atom is -0.306 e. The highest BCUT2D eigenvalue weighted by atomic mass is 127. The molecule has 0 aliphatic carbocycles. The van der Waals surface area contributed by atoms with E-state index in [-0.39, 0.29) is 12.1 Å². The molecule has 1 heterocycles. The molecule has 0 fully saturated rings. The van der Waals surface area contributed by atoms with E-state index in [4.69, 9.17) is 0 Å². The van der Waals surface area contributed by atoms with Gasteiger partial charge in [0.15, 0.2) is 0 Å².